The van der Waals surface area contributed by atoms with Crippen molar-refractivity contribution in [3.05, 3.63) is 29.3 Å². The fourth-order valence-corrected chi connectivity index (χ4v) is 3.58. The third-order valence-electron chi connectivity index (χ3n) is 4.82. The number of nitrogens with zero attached hydrogens (tertiary/aromatic N) is 2. The smallest absolute Gasteiger partial charge is 0.191 e. The Kier molecular flexibility index (Phi) is 4.76. The second kappa shape index (κ2) is 6.79. The molecular formula is C18H28N4O. The van der Waals surface area contributed by atoms with Gasteiger partial charge in [-0.15, -0.1) is 0 Å². The van der Waals surface area contributed by atoms with E-state index in [9.17, 15) is 0 Å². The maximum atomic E-state index is 5.90. The Bertz CT molecular complexity index is 584. The maximum Gasteiger partial charge on any atom is 0.191 e. The Morgan fingerprint density at radius 2 is 2.17 bits per heavy atom. The molecule has 1 aromatic rings. The zero-order valence-corrected chi connectivity index (χ0v) is 14.6. The van der Waals surface area contributed by atoms with Crippen LogP contribution in [0, 0.1) is 6.92 Å². The van der Waals surface area contributed by atoms with E-state index in [0.29, 0.717) is 18.2 Å². The van der Waals surface area contributed by atoms with Crippen molar-refractivity contribution in [2.75, 3.05) is 26.0 Å². The SMILES string of the molecule is CN=C(NCc1ccc(C)cc1N(C)C)NC1CC2CCC1O2. The van der Waals surface area contributed by atoms with Crippen molar-refractivity contribution in [3.8, 4) is 0 Å². The number of benzene rings is 1. The van der Waals surface area contributed by atoms with E-state index < -0.39 is 0 Å². The number of fused-ring (bicyclic) bond motifs is 2. The van der Waals surface area contributed by atoms with Crippen LogP contribution >= 0.6 is 0 Å². The molecule has 0 spiro atoms. The number of guanidine groups is 1. The summed E-state index contributed by atoms with van der Waals surface area (Å²) in [5, 5.41) is 6.97. The van der Waals surface area contributed by atoms with Gasteiger partial charge in [0.15, 0.2) is 5.96 Å². The highest BCUT2D eigenvalue weighted by Gasteiger charge is 2.41. The molecule has 2 aliphatic rings. The lowest BCUT2D eigenvalue weighted by Crippen LogP contribution is -2.47. The minimum Gasteiger partial charge on any atom is -0.377 e. The first-order valence-corrected chi connectivity index (χ1v) is 8.46. The molecule has 2 saturated heterocycles. The number of hydrogen-bond acceptors (Lipinski definition) is 3. The number of nitrogens with one attached hydrogen (secondary N) is 2. The molecule has 0 radical (unpaired) electrons. The molecule has 0 aromatic heterocycles. The highest BCUT2D eigenvalue weighted by Crippen LogP contribution is 2.34. The Morgan fingerprint density at radius 3 is 2.78 bits per heavy atom. The third kappa shape index (κ3) is 3.61. The highest BCUT2D eigenvalue weighted by atomic mass is 16.5. The summed E-state index contributed by atoms with van der Waals surface area (Å²) in [5.41, 5.74) is 3.79. The van der Waals surface area contributed by atoms with E-state index in [1.807, 2.05) is 7.05 Å². The molecule has 1 aromatic carbocycles. The van der Waals surface area contributed by atoms with Crippen LogP contribution in [0.15, 0.2) is 23.2 Å². The van der Waals surface area contributed by atoms with E-state index in [0.717, 1.165) is 18.9 Å². The first kappa shape index (κ1) is 16.1. The summed E-state index contributed by atoms with van der Waals surface area (Å²) < 4.78 is 5.90. The molecule has 5 heteroatoms. The average Bonchev–Trinajstić information content (AvgIpc) is 3.14. The lowest BCUT2D eigenvalue weighted by atomic mass is 9.96. The molecule has 0 saturated carbocycles. The van der Waals surface area contributed by atoms with Gasteiger partial charge in [-0.3, -0.25) is 4.99 Å². The van der Waals surface area contributed by atoms with Gasteiger partial charge in [0.05, 0.1) is 18.2 Å². The van der Waals surface area contributed by atoms with Gasteiger partial charge in [0.25, 0.3) is 0 Å². The van der Waals surface area contributed by atoms with Crippen molar-refractivity contribution in [2.45, 2.75) is 51.0 Å². The minimum atomic E-state index is 0.357. The van der Waals surface area contributed by atoms with Crippen LogP contribution in [-0.4, -0.2) is 45.4 Å². The van der Waals surface area contributed by atoms with Crippen LogP contribution in [0.25, 0.3) is 0 Å². The van der Waals surface area contributed by atoms with Crippen LogP contribution in [0.2, 0.25) is 0 Å². The Labute approximate surface area is 139 Å². The lowest BCUT2D eigenvalue weighted by Gasteiger charge is -2.24. The normalized spacial score (nSPS) is 26.4. The Morgan fingerprint density at radius 1 is 1.35 bits per heavy atom. The van der Waals surface area contributed by atoms with Crippen molar-refractivity contribution >= 4 is 11.6 Å². The summed E-state index contributed by atoms with van der Waals surface area (Å²) in [6.07, 6.45) is 4.29. The molecule has 126 valence electrons. The van der Waals surface area contributed by atoms with E-state index >= 15 is 0 Å². The van der Waals surface area contributed by atoms with Crippen LogP contribution in [0.5, 0.6) is 0 Å². The molecule has 2 N–H and O–H groups in total. The zero-order chi connectivity index (χ0) is 16.4. The zero-order valence-electron chi connectivity index (χ0n) is 14.6. The monoisotopic (exact) mass is 316 g/mol. The molecule has 0 amide bonds. The van der Waals surface area contributed by atoms with Crippen LogP contribution in [0.4, 0.5) is 5.69 Å². The number of hydrogen-bond donors (Lipinski definition) is 2. The van der Waals surface area contributed by atoms with E-state index in [2.05, 4.69) is 59.7 Å². The van der Waals surface area contributed by atoms with E-state index in [4.69, 9.17) is 4.74 Å². The van der Waals surface area contributed by atoms with E-state index in [1.54, 1.807) is 0 Å². The van der Waals surface area contributed by atoms with Gasteiger partial charge in [-0.25, -0.2) is 0 Å². The summed E-state index contributed by atoms with van der Waals surface area (Å²) >= 11 is 0. The van der Waals surface area contributed by atoms with Crippen LogP contribution < -0.4 is 15.5 Å². The average molecular weight is 316 g/mol. The lowest BCUT2D eigenvalue weighted by molar-refractivity contribution is 0.0992. The van der Waals surface area contributed by atoms with Gasteiger partial charge in [-0.05, 0) is 43.4 Å². The predicted molar refractivity (Wildman–Crippen MR) is 95.1 cm³/mol. The number of ether oxygens (including phenoxy) is 1. The van der Waals surface area contributed by atoms with Crippen molar-refractivity contribution in [3.63, 3.8) is 0 Å². The molecule has 2 aliphatic heterocycles. The fourth-order valence-electron chi connectivity index (χ4n) is 3.58. The second-order valence-corrected chi connectivity index (χ2v) is 6.81. The van der Waals surface area contributed by atoms with Gasteiger partial charge in [0, 0.05) is 33.4 Å². The van der Waals surface area contributed by atoms with Crippen LogP contribution in [0.3, 0.4) is 0 Å². The summed E-state index contributed by atoms with van der Waals surface area (Å²) in [6.45, 7) is 2.88. The minimum absolute atomic E-state index is 0.357. The maximum absolute atomic E-state index is 5.90. The summed E-state index contributed by atoms with van der Waals surface area (Å²) in [6, 6.07) is 6.96. The molecule has 23 heavy (non-hydrogen) atoms. The molecule has 2 bridgehead atoms. The predicted octanol–water partition coefficient (Wildman–Crippen LogP) is 2.05. The third-order valence-corrected chi connectivity index (χ3v) is 4.82. The first-order valence-electron chi connectivity index (χ1n) is 8.46. The van der Waals surface area contributed by atoms with E-state index in [-0.39, 0.29) is 0 Å². The largest absolute Gasteiger partial charge is 0.377 e. The van der Waals surface area contributed by atoms with Crippen molar-refractivity contribution in [2.24, 2.45) is 4.99 Å². The molecule has 3 atom stereocenters. The van der Waals surface area contributed by atoms with Gasteiger partial charge in [-0.2, -0.15) is 0 Å². The van der Waals surface area contributed by atoms with Gasteiger partial charge in [-0.1, -0.05) is 12.1 Å². The fraction of sp³-hybridized carbons (Fsp3) is 0.611. The van der Waals surface area contributed by atoms with E-state index in [1.165, 1.54) is 29.7 Å². The molecule has 2 heterocycles. The van der Waals surface area contributed by atoms with Crippen LogP contribution in [-0.2, 0) is 11.3 Å². The Balaban J connectivity index is 1.60. The molecule has 3 rings (SSSR count). The molecule has 5 nitrogen and oxygen atoms in total. The van der Waals surface area contributed by atoms with Gasteiger partial charge in [0.2, 0.25) is 0 Å². The second-order valence-electron chi connectivity index (χ2n) is 6.81. The summed E-state index contributed by atoms with van der Waals surface area (Å²) in [5.74, 6) is 0.858. The van der Waals surface area contributed by atoms with Gasteiger partial charge in [0.1, 0.15) is 0 Å². The Hall–Kier alpha value is -1.75. The standard InChI is InChI=1S/C18H28N4O/c1-12-5-6-13(16(9-12)22(3)4)11-20-18(19-2)21-15-10-14-7-8-17(15)23-14/h5-6,9,14-15,17H,7-8,10-11H2,1-4H3,(H2,19,20,21). The topological polar surface area (TPSA) is 48.9 Å². The number of anilines is 1. The van der Waals surface area contributed by atoms with Gasteiger partial charge < -0.3 is 20.3 Å². The number of rotatable bonds is 4. The van der Waals surface area contributed by atoms with Crippen molar-refractivity contribution in [1.29, 1.82) is 0 Å². The van der Waals surface area contributed by atoms with Crippen molar-refractivity contribution in [1.82, 2.24) is 10.6 Å². The van der Waals surface area contributed by atoms with Crippen molar-refractivity contribution < 1.29 is 4.74 Å². The molecule has 2 fully saturated rings. The van der Waals surface area contributed by atoms with Gasteiger partial charge >= 0.3 is 0 Å². The molecular weight excluding hydrogens is 288 g/mol. The molecule has 0 aliphatic carbocycles. The summed E-state index contributed by atoms with van der Waals surface area (Å²) in [7, 11) is 5.99. The highest BCUT2D eigenvalue weighted by molar-refractivity contribution is 5.80. The molecule has 3 unspecified atom stereocenters. The quantitative estimate of drug-likeness (QED) is 0.659. The number of aliphatic imine (C=N–C) groups is 1. The van der Waals surface area contributed by atoms with Crippen LogP contribution in [0.1, 0.15) is 30.4 Å². The number of aryl methyl sites for hydroxylation is 1. The summed E-state index contributed by atoms with van der Waals surface area (Å²) in [4.78, 5) is 6.52. The first-order chi connectivity index (χ1) is 11.1.